The molecule has 1 aromatic rings. The summed E-state index contributed by atoms with van der Waals surface area (Å²) in [6.07, 6.45) is 4.39. The first-order valence-corrected chi connectivity index (χ1v) is 7.29. The van der Waals surface area contributed by atoms with Crippen molar-refractivity contribution >= 4 is 23.9 Å². The minimum absolute atomic E-state index is 0.0286. The molecular formula is C15H15ClO5. The second-order valence-electron chi connectivity index (χ2n) is 5.45. The normalized spacial score (nSPS) is 19.3. The molecule has 1 saturated carbocycles. The third kappa shape index (κ3) is 2.07. The van der Waals surface area contributed by atoms with Gasteiger partial charge in [0.1, 0.15) is 0 Å². The molecule has 0 radical (unpaired) electrons. The molecule has 0 spiro atoms. The molecule has 1 heterocycles. The fourth-order valence-corrected chi connectivity index (χ4v) is 3.52. The van der Waals surface area contributed by atoms with Gasteiger partial charge in [0.25, 0.3) is 0 Å². The van der Waals surface area contributed by atoms with Crippen molar-refractivity contribution in [2.75, 3.05) is 6.79 Å². The molecule has 112 valence electrons. The molecule has 0 aromatic heterocycles. The van der Waals surface area contributed by atoms with Crippen LogP contribution in [0.15, 0.2) is 6.07 Å². The van der Waals surface area contributed by atoms with Gasteiger partial charge in [0.05, 0.1) is 16.0 Å². The van der Waals surface area contributed by atoms with Crippen molar-refractivity contribution in [3.8, 4) is 11.5 Å². The molecule has 21 heavy (non-hydrogen) atoms. The summed E-state index contributed by atoms with van der Waals surface area (Å²) in [5, 5.41) is 9.99. The van der Waals surface area contributed by atoms with E-state index in [4.69, 9.17) is 21.1 Å². The van der Waals surface area contributed by atoms with Crippen LogP contribution in [0, 0.1) is 0 Å². The van der Waals surface area contributed by atoms with E-state index in [9.17, 15) is 14.7 Å². The first-order chi connectivity index (χ1) is 10.1. The van der Waals surface area contributed by atoms with Crippen LogP contribution in [0.5, 0.6) is 11.5 Å². The molecular weight excluding hydrogens is 296 g/mol. The van der Waals surface area contributed by atoms with E-state index in [2.05, 4.69) is 0 Å². The van der Waals surface area contributed by atoms with Gasteiger partial charge in [0.2, 0.25) is 6.79 Å². The van der Waals surface area contributed by atoms with Crippen molar-refractivity contribution < 1.29 is 24.2 Å². The number of ether oxygens (including phenoxy) is 2. The highest BCUT2D eigenvalue weighted by molar-refractivity contribution is 6.33. The van der Waals surface area contributed by atoms with Crippen molar-refractivity contribution in [2.45, 2.75) is 37.5 Å². The standard InChI is InChI=1S/C15H15ClO5/c16-11-6-10(13-12(9(11)7-17)20-8-21-13)15(14(18)19)4-2-1-3-5-15/h6-7H,1-5,8H2,(H,18,19). The largest absolute Gasteiger partial charge is 0.481 e. The Balaban J connectivity index is 2.22. The van der Waals surface area contributed by atoms with Gasteiger partial charge in [-0.3, -0.25) is 9.59 Å². The zero-order valence-corrected chi connectivity index (χ0v) is 12.1. The molecule has 0 amide bonds. The fourth-order valence-electron chi connectivity index (χ4n) is 3.28. The Kier molecular flexibility index (Phi) is 3.53. The first kappa shape index (κ1) is 14.2. The third-order valence-electron chi connectivity index (χ3n) is 4.38. The van der Waals surface area contributed by atoms with Gasteiger partial charge >= 0.3 is 5.97 Å². The molecule has 1 aliphatic heterocycles. The molecule has 0 atom stereocenters. The van der Waals surface area contributed by atoms with Gasteiger partial charge in [-0.05, 0) is 18.9 Å². The van der Waals surface area contributed by atoms with Crippen LogP contribution < -0.4 is 9.47 Å². The molecule has 2 aliphatic rings. The summed E-state index contributed by atoms with van der Waals surface area (Å²) in [5.74, 6) is -0.265. The predicted octanol–water partition coefficient (Wildman–Crippen LogP) is 3.17. The van der Waals surface area contributed by atoms with Crippen LogP contribution in [0.25, 0.3) is 0 Å². The molecule has 1 aromatic carbocycles. The summed E-state index contributed by atoms with van der Waals surface area (Å²) in [6, 6.07) is 1.55. The Morgan fingerprint density at radius 1 is 1.24 bits per heavy atom. The topological polar surface area (TPSA) is 72.8 Å². The smallest absolute Gasteiger partial charge is 0.314 e. The van der Waals surface area contributed by atoms with Gasteiger partial charge < -0.3 is 14.6 Å². The molecule has 6 heteroatoms. The van der Waals surface area contributed by atoms with Gasteiger partial charge in [-0.25, -0.2) is 0 Å². The highest BCUT2D eigenvalue weighted by atomic mass is 35.5. The monoisotopic (exact) mass is 310 g/mol. The molecule has 1 fully saturated rings. The van der Waals surface area contributed by atoms with Gasteiger partial charge in [-0.15, -0.1) is 0 Å². The molecule has 0 unspecified atom stereocenters. The summed E-state index contributed by atoms with van der Waals surface area (Å²) >= 11 is 6.14. The predicted molar refractivity (Wildman–Crippen MR) is 75.4 cm³/mol. The van der Waals surface area contributed by atoms with E-state index in [-0.39, 0.29) is 23.1 Å². The average Bonchev–Trinajstić information content (AvgIpc) is 2.96. The Labute approximate surface area is 126 Å². The maximum atomic E-state index is 11.9. The van der Waals surface area contributed by atoms with Gasteiger partial charge in [0.15, 0.2) is 17.8 Å². The maximum absolute atomic E-state index is 11.9. The van der Waals surface area contributed by atoms with Crippen LogP contribution in [0.3, 0.4) is 0 Å². The van der Waals surface area contributed by atoms with Crippen molar-refractivity contribution in [3.63, 3.8) is 0 Å². The van der Waals surface area contributed by atoms with Crippen LogP contribution in [-0.4, -0.2) is 24.2 Å². The number of carboxylic acid groups (broad SMARTS) is 1. The van der Waals surface area contributed by atoms with Crippen LogP contribution >= 0.6 is 11.6 Å². The SMILES string of the molecule is O=Cc1c(Cl)cc(C2(C(=O)O)CCCCC2)c2c1OCO2. The maximum Gasteiger partial charge on any atom is 0.314 e. The lowest BCUT2D eigenvalue weighted by Crippen LogP contribution is -2.38. The van der Waals surface area contributed by atoms with E-state index in [1.807, 2.05) is 0 Å². The lowest BCUT2D eigenvalue weighted by Gasteiger charge is -2.34. The zero-order chi connectivity index (χ0) is 15.0. The van der Waals surface area contributed by atoms with Crippen molar-refractivity contribution in [2.24, 2.45) is 0 Å². The highest BCUT2D eigenvalue weighted by Crippen LogP contribution is 2.50. The number of hydrogen-bond acceptors (Lipinski definition) is 4. The van der Waals surface area contributed by atoms with Crippen LogP contribution in [0.1, 0.15) is 48.0 Å². The van der Waals surface area contributed by atoms with E-state index in [1.165, 1.54) is 0 Å². The Morgan fingerprint density at radius 3 is 2.52 bits per heavy atom. The summed E-state index contributed by atoms with van der Waals surface area (Å²) in [4.78, 5) is 23.1. The number of aliphatic carboxylic acids is 1. The number of hydrogen-bond donors (Lipinski definition) is 1. The van der Waals surface area contributed by atoms with Crippen LogP contribution in [-0.2, 0) is 10.2 Å². The van der Waals surface area contributed by atoms with E-state index in [0.717, 1.165) is 19.3 Å². The minimum atomic E-state index is -1.01. The van der Waals surface area contributed by atoms with E-state index < -0.39 is 11.4 Å². The van der Waals surface area contributed by atoms with E-state index >= 15 is 0 Å². The molecule has 1 N–H and O–H groups in total. The first-order valence-electron chi connectivity index (χ1n) is 6.91. The molecule has 0 saturated heterocycles. The molecule has 3 rings (SSSR count). The van der Waals surface area contributed by atoms with Crippen LogP contribution in [0.2, 0.25) is 5.02 Å². The average molecular weight is 311 g/mol. The lowest BCUT2D eigenvalue weighted by molar-refractivity contribution is -0.145. The quantitative estimate of drug-likeness (QED) is 0.868. The number of carboxylic acids is 1. The summed E-state index contributed by atoms with van der Waals surface area (Å²) in [5.41, 5.74) is -0.275. The third-order valence-corrected chi connectivity index (χ3v) is 4.69. The number of aldehydes is 1. The van der Waals surface area contributed by atoms with Gasteiger partial charge in [-0.2, -0.15) is 0 Å². The Morgan fingerprint density at radius 2 is 1.90 bits per heavy atom. The van der Waals surface area contributed by atoms with Crippen molar-refractivity contribution in [1.29, 1.82) is 0 Å². The number of carbonyl (C=O) groups is 2. The van der Waals surface area contributed by atoms with Gasteiger partial charge in [-0.1, -0.05) is 30.9 Å². The zero-order valence-electron chi connectivity index (χ0n) is 11.4. The van der Waals surface area contributed by atoms with Gasteiger partial charge in [0, 0.05) is 5.56 Å². The number of halogens is 1. The number of rotatable bonds is 3. The number of benzene rings is 1. The van der Waals surface area contributed by atoms with E-state index in [1.54, 1.807) is 6.07 Å². The fraction of sp³-hybridized carbons (Fsp3) is 0.467. The van der Waals surface area contributed by atoms with Crippen molar-refractivity contribution in [3.05, 3.63) is 22.2 Å². The second kappa shape index (κ2) is 5.22. The van der Waals surface area contributed by atoms with Crippen LogP contribution in [0.4, 0.5) is 0 Å². The Bertz CT molecular complexity index is 605. The highest BCUT2D eigenvalue weighted by Gasteiger charge is 2.45. The summed E-state index contributed by atoms with van der Waals surface area (Å²) in [7, 11) is 0. The number of carbonyl (C=O) groups excluding carboxylic acids is 1. The summed E-state index contributed by atoms with van der Waals surface area (Å²) < 4.78 is 10.8. The molecule has 1 aliphatic carbocycles. The minimum Gasteiger partial charge on any atom is -0.481 e. The molecule has 0 bridgehead atoms. The number of fused-ring (bicyclic) bond motifs is 1. The molecule has 5 nitrogen and oxygen atoms in total. The Hall–Kier alpha value is -1.75. The second-order valence-corrected chi connectivity index (χ2v) is 5.86. The van der Waals surface area contributed by atoms with Crippen molar-refractivity contribution in [1.82, 2.24) is 0 Å². The summed E-state index contributed by atoms with van der Waals surface area (Å²) in [6.45, 7) is -0.0286. The van der Waals surface area contributed by atoms with E-state index in [0.29, 0.717) is 30.4 Å². The lowest BCUT2D eigenvalue weighted by atomic mass is 9.69.